The summed E-state index contributed by atoms with van der Waals surface area (Å²) in [6, 6.07) is 3.55. The molecule has 0 saturated carbocycles. The van der Waals surface area contributed by atoms with Gasteiger partial charge in [-0.05, 0) is 37.1 Å². The highest BCUT2D eigenvalue weighted by atomic mass is 16.5. The van der Waals surface area contributed by atoms with Crippen LogP contribution < -0.4 is 4.74 Å². The van der Waals surface area contributed by atoms with E-state index < -0.39 is 6.10 Å². The summed E-state index contributed by atoms with van der Waals surface area (Å²) in [5, 5.41) is 0. The lowest BCUT2D eigenvalue weighted by Crippen LogP contribution is -2.29. The molecule has 0 radical (unpaired) electrons. The zero-order valence-electron chi connectivity index (χ0n) is 10.9. The lowest BCUT2D eigenvalue weighted by atomic mass is 10.1. The summed E-state index contributed by atoms with van der Waals surface area (Å²) < 4.78 is 5.81. The molecule has 1 aliphatic rings. The van der Waals surface area contributed by atoms with E-state index in [-0.39, 0.29) is 5.91 Å². The Bertz CT molecular complexity index is 473. The minimum absolute atomic E-state index is 0.0215. The topological polar surface area (TPSA) is 46.6 Å². The molecule has 1 saturated heterocycles. The van der Waals surface area contributed by atoms with Crippen LogP contribution in [-0.2, 0) is 4.79 Å². The van der Waals surface area contributed by atoms with E-state index in [0.717, 1.165) is 24.0 Å². The van der Waals surface area contributed by atoms with Crippen molar-refractivity contribution in [3.63, 3.8) is 0 Å². The molecule has 0 aliphatic carbocycles. The highest BCUT2D eigenvalue weighted by Gasteiger charge is 2.31. The third kappa shape index (κ3) is 2.23. The quantitative estimate of drug-likeness (QED) is 0.764. The molecule has 4 nitrogen and oxygen atoms in total. The number of carbonyl (C=O) groups is 2. The van der Waals surface area contributed by atoms with Crippen molar-refractivity contribution < 1.29 is 14.3 Å². The molecule has 18 heavy (non-hydrogen) atoms. The summed E-state index contributed by atoms with van der Waals surface area (Å²) in [5.74, 6) is 0.738. The van der Waals surface area contributed by atoms with E-state index in [9.17, 15) is 9.59 Å². The summed E-state index contributed by atoms with van der Waals surface area (Å²) >= 11 is 0. The number of aldehydes is 1. The van der Waals surface area contributed by atoms with Crippen LogP contribution in [0.25, 0.3) is 0 Å². The van der Waals surface area contributed by atoms with Gasteiger partial charge in [0.1, 0.15) is 12.0 Å². The zero-order valence-corrected chi connectivity index (χ0v) is 10.9. The summed E-state index contributed by atoms with van der Waals surface area (Å²) in [6.45, 7) is 4.50. The molecular weight excluding hydrogens is 230 g/mol. The van der Waals surface area contributed by atoms with Gasteiger partial charge in [-0.15, -0.1) is 0 Å². The van der Waals surface area contributed by atoms with Gasteiger partial charge in [0.25, 0.3) is 5.91 Å². The molecule has 0 aromatic heterocycles. The Labute approximate surface area is 107 Å². The van der Waals surface area contributed by atoms with Crippen LogP contribution in [0.3, 0.4) is 0 Å². The predicted octanol–water partition coefficient (Wildman–Crippen LogP) is 1.73. The zero-order chi connectivity index (χ0) is 13.3. The standard InChI is InChI=1S/C14H17NO3/c1-9-6-11(8-16)7-10(2)13(9)18-12-4-5-15(3)14(12)17/h6-8,12H,4-5H2,1-3H3. The lowest BCUT2D eigenvalue weighted by Gasteiger charge is -2.17. The van der Waals surface area contributed by atoms with Gasteiger partial charge >= 0.3 is 0 Å². The molecule has 1 aliphatic heterocycles. The molecule has 2 rings (SSSR count). The Morgan fingerprint density at radius 3 is 2.39 bits per heavy atom. The molecule has 1 unspecified atom stereocenters. The van der Waals surface area contributed by atoms with Gasteiger partial charge in [-0.3, -0.25) is 9.59 Å². The first kappa shape index (κ1) is 12.6. The largest absolute Gasteiger partial charge is 0.480 e. The molecule has 96 valence electrons. The van der Waals surface area contributed by atoms with E-state index in [4.69, 9.17) is 4.74 Å². The fourth-order valence-electron chi connectivity index (χ4n) is 2.28. The average Bonchev–Trinajstić information content (AvgIpc) is 2.65. The second-order valence-corrected chi connectivity index (χ2v) is 4.76. The number of carbonyl (C=O) groups excluding carboxylic acids is 2. The van der Waals surface area contributed by atoms with Crippen LogP contribution in [0.15, 0.2) is 12.1 Å². The number of aryl methyl sites for hydroxylation is 2. The summed E-state index contributed by atoms with van der Waals surface area (Å²) in [4.78, 5) is 24.2. The van der Waals surface area contributed by atoms with Crippen molar-refractivity contribution in [3.8, 4) is 5.75 Å². The van der Waals surface area contributed by atoms with Gasteiger partial charge in [0.15, 0.2) is 6.10 Å². The predicted molar refractivity (Wildman–Crippen MR) is 68.0 cm³/mol. The molecule has 1 heterocycles. The van der Waals surface area contributed by atoms with Gasteiger partial charge < -0.3 is 9.64 Å². The molecule has 1 aromatic carbocycles. The average molecular weight is 247 g/mol. The Hall–Kier alpha value is -1.84. The minimum Gasteiger partial charge on any atom is -0.480 e. The number of rotatable bonds is 3. The minimum atomic E-state index is -0.394. The Morgan fingerprint density at radius 2 is 1.94 bits per heavy atom. The first-order chi connectivity index (χ1) is 8.52. The van der Waals surface area contributed by atoms with Gasteiger partial charge in [-0.1, -0.05) is 0 Å². The van der Waals surface area contributed by atoms with Crippen molar-refractivity contribution in [2.75, 3.05) is 13.6 Å². The van der Waals surface area contributed by atoms with E-state index in [1.807, 2.05) is 13.8 Å². The summed E-state index contributed by atoms with van der Waals surface area (Å²) in [5.41, 5.74) is 2.41. The van der Waals surface area contributed by atoms with Crippen LogP contribution in [0.5, 0.6) is 5.75 Å². The molecule has 4 heteroatoms. The second kappa shape index (κ2) is 4.80. The van der Waals surface area contributed by atoms with E-state index >= 15 is 0 Å². The van der Waals surface area contributed by atoms with E-state index in [2.05, 4.69) is 0 Å². The number of likely N-dealkylation sites (N-methyl/N-ethyl adjacent to an activating group) is 1. The summed E-state index contributed by atoms with van der Waals surface area (Å²) in [7, 11) is 1.78. The van der Waals surface area contributed by atoms with Crippen LogP contribution in [0.4, 0.5) is 0 Å². The van der Waals surface area contributed by atoms with Gasteiger partial charge in [-0.25, -0.2) is 0 Å². The number of nitrogens with zero attached hydrogens (tertiary/aromatic N) is 1. The maximum Gasteiger partial charge on any atom is 0.263 e. The molecule has 0 spiro atoms. The van der Waals surface area contributed by atoms with Gasteiger partial charge in [0.05, 0.1) is 0 Å². The number of benzene rings is 1. The van der Waals surface area contributed by atoms with Crippen molar-refractivity contribution in [2.45, 2.75) is 26.4 Å². The fraction of sp³-hybridized carbons (Fsp3) is 0.429. The molecule has 0 bridgehead atoms. The van der Waals surface area contributed by atoms with Crippen LogP contribution >= 0.6 is 0 Å². The summed E-state index contributed by atoms with van der Waals surface area (Å²) in [6.07, 6.45) is 1.14. The normalized spacial score (nSPS) is 19.2. The van der Waals surface area contributed by atoms with Crippen LogP contribution in [0.2, 0.25) is 0 Å². The van der Waals surface area contributed by atoms with Crippen molar-refractivity contribution in [3.05, 3.63) is 28.8 Å². The fourth-order valence-corrected chi connectivity index (χ4v) is 2.28. The van der Waals surface area contributed by atoms with Gasteiger partial charge in [0.2, 0.25) is 0 Å². The van der Waals surface area contributed by atoms with Crippen LogP contribution in [-0.4, -0.2) is 36.8 Å². The maximum atomic E-state index is 11.8. The molecule has 1 amide bonds. The molecule has 1 fully saturated rings. The maximum absolute atomic E-state index is 11.8. The molecular formula is C14H17NO3. The molecule has 1 atom stereocenters. The van der Waals surface area contributed by atoms with E-state index in [0.29, 0.717) is 17.7 Å². The SMILES string of the molecule is Cc1cc(C=O)cc(C)c1OC1CCN(C)C1=O. The van der Waals surface area contributed by atoms with Crippen molar-refractivity contribution in [2.24, 2.45) is 0 Å². The molecule has 0 N–H and O–H groups in total. The van der Waals surface area contributed by atoms with Crippen LogP contribution in [0, 0.1) is 13.8 Å². The number of hydrogen-bond acceptors (Lipinski definition) is 3. The monoisotopic (exact) mass is 247 g/mol. The third-order valence-corrected chi connectivity index (χ3v) is 3.26. The Kier molecular flexibility index (Phi) is 3.36. The Morgan fingerprint density at radius 1 is 1.33 bits per heavy atom. The van der Waals surface area contributed by atoms with E-state index in [1.54, 1.807) is 24.1 Å². The van der Waals surface area contributed by atoms with Gasteiger partial charge in [0, 0.05) is 25.6 Å². The van der Waals surface area contributed by atoms with Gasteiger partial charge in [-0.2, -0.15) is 0 Å². The van der Waals surface area contributed by atoms with Crippen LogP contribution in [0.1, 0.15) is 27.9 Å². The smallest absolute Gasteiger partial charge is 0.263 e. The van der Waals surface area contributed by atoms with Crippen molar-refractivity contribution >= 4 is 12.2 Å². The number of ether oxygens (including phenoxy) is 1. The highest BCUT2D eigenvalue weighted by Crippen LogP contribution is 2.27. The highest BCUT2D eigenvalue weighted by molar-refractivity contribution is 5.83. The third-order valence-electron chi connectivity index (χ3n) is 3.26. The Balaban J connectivity index is 2.24. The second-order valence-electron chi connectivity index (χ2n) is 4.76. The lowest BCUT2D eigenvalue weighted by molar-refractivity contribution is -0.132. The number of amides is 1. The first-order valence-electron chi connectivity index (χ1n) is 6.01. The van der Waals surface area contributed by atoms with Crippen molar-refractivity contribution in [1.29, 1.82) is 0 Å². The molecule has 1 aromatic rings. The first-order valence-corrected chi connectivity index (χ1v) is 6.01. The number of likely N-dealkylation sites (tertiary alicyclic amines) is 1. The van der Waals surface area contributed by atoms with E-state index in [1.165, 1.54) is 0 Å². The van der Waals surface area contributed by atoms with Crippen molar-refractivity contribution in [1.82, 2.24) is 4.90 Å². The number of hydrogen-bond donors (Lipinski definition) is 0.